The minimum atomic E-state index is 0.461. The van der Waals surface area contributed by atoms with Crippen LogP contribution in [0.4, 0.5) is 0 Å². The molecule has 0 amide bonds. The number of hydrogen-bond donors (Lipinski definition) is 0. The summed E-state index contributed by atoms with van der Waals surface area (Å²) < 4.78 is 0. The first-order chi connectivity index (χ1) is 5.79. The molecule has 2 fully saturated rings. The highest BCUT2D eigenvalue weighted by atomic mass is 16.1. The largest absolute Gasteiger partial charge is 0.299 e. The maximum Gasteiger partial charge on any atom is 0.136 e. The van der Waals surface area contributed by atoms with Crippen molar-refractivity contribution >= 4 is 5.78 Å². The van der Waals surface area contributed by atoms with Gasteiger partial charge in [-0.1, -0.05) is 19.8 Å². The van der Waals surface area contributed by atoms with Crippen molar-refractivity contribution in [2.45, 2.75) is 45.4 Å². The maximum absolute atomic E-state index is 11.6. The summed E-state index contributed by atoms with van der Waals surface area (Å²) in [5.74, 6) is 2.59. The lowest BCUT2D eigenvalue weighted by molar-refractivity contribution is -0.129. The predicted octanol–water partition coefficient (Wildman–Crippen LogP) is 2.79. The Kier molecular flexibility index (Phi) is 2.20. The lowest BCUT2D eigenvalue weighted by Gasteiger charge is -2.38. The van der Waals surface area contributed by atoms with E-state index in [2.05, 4.69) is 6.92 Å². The van der Waals surface area contributed by atoms with E-state index < -0.39 is 0 Å². The van der Waals surface area contributed by atoms with Crippen molar-refractivity contribution in [1.29, 1.82) is 0 Å². The van der Waals surface area contributed by atoms with Gasteiger partial charge in [-0.2, -0.15) is 0 Å². The Morgan fingerprint density at radius 3 is 2.75 bits per heavy atom. The summed E-state index contributed by atoms with van der Waals surface area (Å²) in [7, 11) is 0. The van der Waals surface area contributed by atoms with E-state index in [1.165, 1.54) is 25.7 Å². The van der Waals surface area contributed by atoms with Gasteiger partial charge in [0, 0.05) is 12.3 Å². The Labute approximate surface area is 74.5 Å². The molecule has 0 heterocycles. The van der Waals surface area contributed by atoms with Gasteiger partial charge in [0.15, 0.2) is 0 Å². The van der Waals surface area contributed by atoms with E-state index in [0.29, 0.717) is 11.7 Å². The van der Waals surface area contributed by atoms with Crippen LogP contribution in [-0.2, 0) is 4.79 Å². The van der Waals surface area contributed by atoms with Gasteiger partial charge in [-0.25, -0.2) is 0 Å². The molecule has 0 spiro atoms. The van der Waals surface area contributed by atoms with Gasteiger partial charge < -0.3 is 0 Å². The zero-order valence-corrected chi connectivity index (χ0v) is 7.88. The van der Waals surface area contributed by atoms with Gasteiger partial charge in [-0.3, -0.25) is 4.79 Å². The molecule has 2 rings (SSSR count). The van der Waals surface area contributed by atoms with Gasteiger partial charge in [-0.05, 0) is 31.1 Å². The van der Waals surface area contributed by atoms with E-state index in [1.807, 2.05) is 0 Å². The maximum atomic E-state index is 11.6. The molecule has 0 radical (unpaired) electrons. The summed E-state index contributed by atoms with van der Waals surface area (Å²) in [6.07, 6.45) is 7.17. The lowest BCUT2D eigenvalue weighted by atomic mass is 9.66. The smallest absolute Gasteiger partial charge is 0.136 e. The van der Waals surface area contributed by atoms with Crippen LogP contribution in [0.5, 0.6) is 0 Å². The van der Waals surface area contributed by atoms with Crippen molar-refractivity contribution in [2.24, 2.45) is 17.8 Å². The second-order valence-corrected chi connectivity index (χ2v) is 4.54. The number of rotatable bonds is 0. The zero-order chi connectivity index (χ0) is 8.55. The first-order valence-corrected chi connectivity index (χ1v) is 5.32. The molecular weight excluding hydrogens is 148 g/mol. The van der Waals surface area contributed by atoms with Gasteiger partial charge >= 0.3 is 0 Å². The van der Waals surface area contributed by atoms with E-state index in [1.54, 1.807) is 0 Å². The van der Waals surface area contributed by atoms with Crippen LogP contribution in [-0.4, -0.2) is 5.78 Å². The minimum Gasteiger partial charge on any atom is -0.299 e. The zero-order valence-electron chi connectivity index (χ0n) is 7.88. The Bertz CT molecular complexity index is 185. The third-order valence-corrected chi connectivity index (χ3v) is 3.80. The fourth-order valence-electron chi connectivity index (χ4n) is 3.07. The lowest BCUT2D eigenvalue weighted by Crippen LogP contribution is -2.35. The Morgan fingerprint density at radius 2 is 2.00 bits per heavy atom. The average Bonchev–Trinajstić information content (AvgIpc) is 2.07. The molecule has 2 aliphatic rings. The van der Waals surface area contributed by atoms with Crippen LogP contribution in [0.25, 0.3) is 0 Å². The molecule has 2 aliphatic carbocycles. The summed E-state index contributed by atoms with van der Waals surface area (Å²) in [6.45, 7) is 2.33. The molecule has 12 heavy (non-hydrogen) atoms. The molecule has 0 aromatic carbocycles. The third-order valence-electron chi connectivity index (χ3n) is 3.80. The number of ketones is 1. The monoisotopic (exact) mass is 166 g/mol. The SMILES string of the molecule is CC1CCCC2C(=O)CCCC12. The molecule has 0 aromatic heterocycles. The van der Waals surface area contributed by atoms with E-state index in [9.17, 15) is 4.79 Å². The van der Waals surface area contributed by atoms with Crippen LogP contribution < -0.4 is 0 Å². The molecule has 2 saturated carbocycles. The summed E-state index contributed by atoms with van der Waals surface area (Å²) in [6, 6.07) is 0. The average molecular weight is 166 g/mol. The predicted molar refractivity (Wildman–Crippen MR) is 48.9 cm³/mol. The standard InChI is InChI=1S/C11H18O/c1-8-4-2-6-10-9(8)5-3-7-11(10)12/h8-10H,2-7H2,1H3. The van der Waals surface area contributed by atoms with Gasteiger partial charge in [-0.15, -0.1) is 0 Å². The highest BCUT2D eigenvalue weighted by Gasteiger charge is 2.37. The van der Waals surface area contributed by atoms with Gasteiger partial charge in [0.2, 0.25) is 0 Å². The second kappa shape index (κ2) is 3.20. The van der Waals surface area contributed by atoms with Crippen molar-refractivity contribution in [3.05, 3.63) is 0 Å². The highest BCUT2D eigenvalue weighted by Crippen LogP contribution is 2.41. The summed E-state index contributed by atoms with van der Waals surface area (Å²) in [5.41, 5.74) is 0. The topological polar surface area (TPSA) is 17.1 Å². The second-order valence-electron chi connectivity index (χ2n) is 4.54. The van der Waals surface area contributed by atoms with Crippen LogP contribution in [0, 0.1) is 17.8 Å². The van der Waals surface area contributed by atoms with Crippen LogP contribution in [0.3, 0.4) is 0 Å². The number of carbonyl (C=O) groups is 1. The molecule has 0 bridgehead atoms. The molecule has 1 nitrogen and oxygen atoms in total. The van der Waals surface area contributed by atoms with Crippen molar-refractivity contribution < 1.29 is 4.79 Å². The molecule has 0 saturated heterocycles. The number of hydrogen-bond acceptors (Lipinski definition) is 1. The Hall–Kier alpha value is -0.330. The first kappa shape index (κ1) is 8.28. The van der Waals surface area contributed by atoms with Gasteiger partial charge in [0.25, 0.3) is 0 Å². The number of Topliss-reactive ketones (excluding diaryl/α,β-unsaturated/α-hetero) is 1. The van der Waals surface area contributed by atoms with Gasteiger partial charge in [0.1, 0.15) is 5.78 Å². The van der Waals surface area contributed by atoms with E-state index in [4.69, 9.17) is 0 Å². The third kappa shape index (κ3) is 1.30. The summed E-state index contributed by atoms with van der Waals surface area (Å²) in [5, 5.41) is 0. The molecule has 0 N–H and O–H groups in total. The normalized spacial score (nSPS) is 42.4. The minimum absolute atomic E-state index is 0.461. The van der Waals surface area contributed by atoms with Crippen molar-refractivity contribution in [3.63, 3.8) is 0 Å². The Balaban J connectivity index is 2.10. The fourth-order valence-corrected chi connectivity index (χ4v) is 3.07. The first-order valence-electron chi connectivity index (χ1n) is 5.32. The molecule has 3 atom stereocenters. The fraction of sp³-hybridized carbons (Fsp3) is 0.909. The van der Waals surface area contributed by atoms with E-state index >= 15 is 0 Å². The van der Waals surface area contributed by atoms with Crippen LogP contribution in [0.15, 0.2) is 0 Å². The molecule has 0 aliphatic heterocycles. The van der Waals surface area contributed by atoms with Crippen molar-refractivity contribution in [1.82, 2.24) is 0 Å². The van der Waals surface area contributed by atoms with Crippen LogP contribution in [0.1, 0.15) is 45.4 Å². The molecule has 3 unspecified atom stereocenters. The molecule has 1 heteroatoms. The molecular formula is C11H18O. The number of carbonyl (C=O) groups excluding carboxylic acids is 1. The summed E-state index contributed by atoms with van der Waals surface area (Å²) in [4.78, 5) is 11.6. The molecule has 0 aromatic rings. The Morgan fingerprint density at radius 1 is 1.17 bits per heavy atom. The summed E-state index contributed by atoms with van der Waals surface area (Å²) >= 11 is 0. The van der Waals surface area contributed by atoms with Crippen LogP contribution >= 0.6 is 0 Å². The van der Waals surface area contributed by atoms with E-state index in [-0.39, 0.29) is 0 Å². The van der Waals surface area contributed by atoms with Gasteiger partial charge in [0.05, 0.1) is 0 Å². The number of fused-ring (bicyclic) bond motifs is 1. The quantitative estimate of drug-likeness (QED) is 0.541. The van der Waals surface area contributed by atoms with Crippen molar-refractivity contribution in [2.75, 3.05) is 0 Å². The highest BCUT2D eigenvalue weighted by molar-refractivity contribution is 5.82. The van der Waals surface area contributed by atoms with E-state index in [0.717, 1.165) is 24.7 Å². The molecule has 68 valence electrons. The van der Waals surface area contributed by atoms with Crippen molar-refractivity contribution in [3.8, 4) is 0 Å². The van der Waals surface area contributed by atoms with Crippen LogP contribution in [0.2, 0.25) is 0 Å².